The highest BCUT2D eigenvalue weighted by atomic mass is 16.2. The van der Waals surface area contributed by atoms with E-state index in [4.69, 9.17) is 5.73 Å². The van der Waals surface area contributed by atoms with Gasteiger partial charge in [0.05, 0.1) is 5.52 Å². The fourth-order valence-corrected chi connectivity index (χ4v) is 2.56. The molecular weight excluding hydrogens is 264 g/mol. The summed E-state index contributed by atoms with van der Waals surface area (Å²) < 4.78 is 0. The number of benzene rings is 1. The van der Waals surface area contributed by atoms with Crippen molar-refractivity contribution in [2.24, 2.45) is 5.92 Å². The smallest absolute Gasteiger partial charge is 0.275 e. The van der Waals surface area contributed by atoms with Crippen molar-refractivity contribution < 1.29 is 4.79 Å². The average Bonchev–Trinajstić information content (AvgIpc) is 3.18. The van der Waals surface area contributed by atoms with E-state index in [-0.39, 0.29) is 5.91 Å². The number of aromatic nitrogens is 2. The Labute approximate surface area is 124 Å². The van der Waals surface area contributed by atoms with Crippen molar-refractivity contribution >= 4 is 22.5 Å². The fraction of sp³-hybridized carbons (Fsp3) is 0.500. The van der Waals surface area contributed by atoms with Gasteiger partial charge in [-0.3, -0.25) is 9.89 Å². The zero-order valence-corrected chi connectivity index (χ0v) is 12.6. The second-order valence-electron chi connectivity index (χ2n) is 6.29. The van der Waals surface area contributed by atoms with Gasteiger partial charge in [0.15, 0.2) is 5.69 Å². The third-order valence-electron chi connectivity index (χ3n) is 3.99. The zero-order chi connectivity index (χ0) is 15.0. The van der Waals surface area contributed by atoms with Crippen molar-refractivity contribution in [1.29, 1.82) is 0 Å². The van der Waals surface area contributed by atoms with Crippen LogP contribution in [0, 0.1) is 5.92 Å². The van der Waals surface area contributed by atoms with E-state index in [2.05, 4.69) is 24.0 Å². The first-order chi connectivity index (χ1) is 10.1. The number of carbonyl (C=O) groups is 1. The maximum atomic E-state index is 12.8. The lowest BCUT2D eigenvalue weighted by molar-refractivity contribution is 0.0731. The number of nitrogens with one attached hydrogen (secondary N) is 1. The lowest BCUT2D eigenvalue weighted by Gasteiger charge is -2.22. The number of amides is 1. The van der Waals surface area contributed by atoms with Gasteiger partial charge in [0.1, 0.15) is 0 Å². The highest BCUT2D eigenvalue weighted by Crippen LogP contribution is 2.30. The average molecular weight is 286 g/mol. The summed E-state index contributed by atoms with van der Waals surface area (Å²) in [5.41, 5.74) is 7.83. The van der Waals surface area contributed by atoms with Gasteiger partial charge < -0.3 is 10.6 Å². The maximum Gasteiger partial charge on any atom is 0.275 e. The molecule has 1 aliphatic carbocycles. The van der Waals surface area contributed by atoms with Crippen LogP contribution in [0.2, 0.25) is 0 Å². The van der Waals surface area contributed by atoms with Gasteiger partial charge in [-0.05, 0) is 43.4 Å². The SMILES string of the molecule is CC(C)CCN(C(=O)c1n[nH]c2ccc(N)cc12)C1CC1. The van der Waals surface area contributed by atoms with Gasteiger partial charge >= 0.3 is 0 Å². The van der Waals surface area contributed by atoms with Gasteiger partial charge in [-0.15, -0.1) is 0 Å². The number of rotatable bonds is 5. The predicted molar refractivity (Wildman–Crippen MR) is 84.0 cm³/mol. The molecule has 1 amide bonds. The van der Waals surface area contributed by atoms with Crippen LogP contribution >= 0.6 is 0 Å². The molecule has 1 saturated carbocycles. The molecule has 3 rings (SSSR count). The summed E-state index contributed by atoms with van der Waals surface area (Å²) >= 11 is 0. The van der Waals surface area contributed by atoms with E-state index in [1.165, 1.54) is 0 Å². The second-order valence-corrected chi connectivity index (χ2v) is 6.29. The topological polar surface area (TPSA) is 75.0 Å². The summed E-state index contributed by atoms with van der Waals surface area (Å²) in [6.45, 7) is 5.16. The molecule has 2 aromatic rings. The number of H-pyrrole nitrogens is 1. The number of fused-ring (bicyclic) bond motifs is 1. The van der Waals surface area contributed by atoms with E-state index < -0.39 is 0 Å². The molecule has 0 unspecified atom stereocenters. The molecule has 112 valence electrons. The lowest BCUT2D eigenvalue weighted by Crippen LogP contribution is -2.35. The van der Waals surface area contributed by atoms with Crippen molar-refractivity contribution in [2.75, 3.05) is 12.3 Å². The number of carbonyl (C=O) groups excluding carboxylic acids is 1. The Morgan fingerprint density at radius 3 is 2.90 bits per heavy atom. The van der Waals surface area contributed by atoms with Crippen molar-refractivity contribution in [1.82, 2.24) is 15.1 Å². The van der Waals surface area contributed by atoms with Crippen molar-refractivity contribution in [3.05, 3.63) is 23.9 Å². The molecule has 3 N–H and O–H groups in total. The molecule has 1 aromatic heterocycles. The molecule has 0 aliphatic heterocycles. The molecule has 1 fully saturated rings. The van der Waals surface area contributed by atoms with E-state index in [0.29, 0.717) is 23.3 Å². The van der Waals surface area contributed by atoms with Gasteiger partial charge in [-0.25, -0.2) is 0 Å². The van der Waals surface area contributed by atoms with Crippen LogP contribution in [0.4, 0.5) is 5.69 Å². The number of aromatic amines is 1. The summed E-state index contributed by atoms with van der Waals surface area (Å²) in [7, 11) is 0. The lowest BCUT2D eigenvalue weighted by atomic mass is 10.1. The third kappa shape index (κ3) is 2.86. The Hall–Kier alpha value is -2.04. The first-order valence-corrected chi connectivity index (χ1v) is 7.61. The number of nitrogens with two attached hydrogens (primary N) is 1. The monoisotopic (exact) mass is 286 g/mol. The molecule has 0 spiro atoms. The molecular formula is C16H22N4O. The van der Waals surface area contributed by atoms with Crippen molar-refractivity contribution in [3.8, 4) is 0 Å². The summed E-state index contributed by atoms with van der Waals surface area (Å²) in [6.07, 6.45) is 3.23. The summed E-state index contributed by atoms with van der Waals surface area (Å²) in [6, 6.07) is 5.89. The molecule has 5 heteroatoms. The highest BCUT2D eigenvalue weighted by Gasteiger charge is 2.34. The van der Waals surface area contributed by atoms with Crippen LogP contribution in [0.1, 0.15) is 43.6 Å². The number of nitrogens with zero attached hydrogens (tertiary/aromatic N) is 2. The van der Waals surface area contributed by atoms with Crippen LogP contribution in [0.3, 0.4) is 0 Å². The highest BCUT2D eigenvalue weighted by molar-refractivity contribution is 6.05. The predicted octanol–water partition coefficient (Wildman–Crippen LogP) is 2.80. The summed E-state index contributed by atoms with van der Waals surface area (Å²) in [5, 5.41) is 7.96. The fourth-order valence-electron chi connectivity index (χ4n) is 2.56. The second kappa shape index (κ2) is 5.39. The summed E-state index contributed by atoms with van der Waals surface area (Å²) in [5.74, 6) is 0.612. The molecule has 1 aliphatic rings. The summed E-state index contributed by atoms with van der Waals surface area (Å²) in [4.78, 5) is 14.8. The van der Waals surface area contributed by atoms with Crippen LogP contribution in [0.15, 0.2) is 18.2 Å². The Morgan fingerprint density at radius 2 is 2.24 bits per heavy atom. The molecule has 1 heterocycles. The van der Waals surface area contributed by atoms with Crippen LogP contribution in [-0.2, 0) is 0 Å². The Balaban J connectivity index is 1.88. The van der Waals surface area contributed by atoms with Crippen molar-refractivity contribution in [2.45, 2.75) is 39.2 Å². The first-order valence-electron chi connectivity index (χ1n) is 7.61. The largest absolute Gasteiger partial charge is 0.399 e. The minimum Gasteiger partial charge on any atom is -0.399 e. The van der Waals surface area contributed by atoms with E-state index in [1.54, 1.807) is 0 Å². The molecule has 1 aromatic carbocycles. The maximum absolute atomic E-state index is 12.8. The Morgan fingerprint density at radius 1 is 1.48 bits per heavy atom. The van der Waals surface area contributed by atoms with E-state index in [9.17, 15) is 4.79 Å². The van der Waals surface area contributed by atoms with Crippen molar-refractivity contribution in [3.63, 3.8) is 0 Å². The number of nitrogen functional groups attached to an aromatic ring is 1. The van der Waals surface area contributed by atoms with Crippen LogP contribution < -0.4 is 5.73 Å². The molecule has 0 bridgehead atoms. The molecule has 0 saturated heterocycles. The van der Waals surface area contributed by atoms with Gasteiger partial charge in [0.25, 0.3) is 5.91 Å². The molecule has 5 nitrogen and oxygen atoms in total. The minimum absolute atomic E-state index is 0.0231. The van der Waals surface area contributed by atoms with Gasteiger partial charge in [0, 0.05) is 23.7 Å². The number of anilines is 1. The minimum atomic E-state index is 0.0231. The normalized spacial score (nSPS) is 14.8. The van der Waals surface area contributed by atoms with E-state index >= 15 is 0 Å². The zero-order valence-electron chi connectivity index (χ0n) is 12.6. The number of hydrogen-bond acceptors (Lipinski definition) is 3. The Kier molecular flexibility index (Phi) is 3.57. The van der Waals surface area contributed by atoms with E-state index in [0.717, 1.165) is 36.7 Å². The molecule has 0 atom stereocenters. The number of hydrogen-bond donors (Lipinski definition) is 2. The quantitative estimate of drug-likeness (QED) is 0.830. The van der Waals surface area contributed by atoms with Gasteiger partial charge in [-0.2, -0.15) is 5.10 Å². The van der Waals surface area contributed by atoms with Crippen LogP contribution in [-0.4, -0.2) is 33.6 Å². The van der Waals surface area contributed by atoms with Gasteiger partial charge in [0.2, 0.25) is 0 Å². The Bertz CT molecular complexity index is 657. The third-order valence-corrected chi connectivity index (χ3v) is 3.99. The molecule has 0 radical (unpaired) electrons. The first kappa shape index (κ1) is 13.9. The standard InChI is InChI=1S/C16H22N4O/c1-10(2)7-8-20(12-4-5-12)16(21)15-13-9-11(17)3-6-14(13)18-19-15/h3,6,9-10,12H,4-5,7-8,17H2,1-2H3,(H,18,19). The van der Waals surface area contributed by atoms with Gasteiger partial charge in [-0.1, -0.05) is 13.8 Å². The van der Waals surface area contributed by atoms with Crippen LogP contribution in [0.25, 0.3) is 10.9 Å². The van der Waals surface area contributed by atoms with Crippen LogP contribution in [0.5, 0.6) is 0 Å². The molecule has 21 heavy (non-hydrogen) atoms. The van der Waals surface area contributed by atoms with E-state index in [1.807, 2.05) is 23.1 Å².